The average Bonchev–Trinajstić information content (AvgIpc) is 2.47. The summed E-state index contributed by atoms with van der Waals surface area (Å²) in [5.74, 6) is 0.482. The molecule has 4 nitrogen and oxygen atoms in total. The Hall–Kier alpha value is -1.41. The molecule has 2 unspecified atom stereocenters. The van der Waals surface area contributed by atoms with E-state index in [1.807, 2.05) is 6.07 Å². The van der Waals surface area contributed by atoms with Gasteiger partial charge in [-0.15, -0.1) is 0 Å². The summed E-state index contributed by atoms with van der Waals surface area (Å²) in [6.07, 6.45) is 1.90. The average molecular weight is 273 g/mol. The molecule has 0 spiro atoms. The van der Waals surface area contributed by atoms with Gasteiger partial charge in [-0.05, 0) is 24.3 Å². The number of aliphatic hydroxyl groups is 1. The highest BCUT2D eigenvalue weighted by molar-refractivity contribution is 5.14. The smallest absolute Gasteiger partial charge is 0.0866 e. The lowest BCUT2D eigenvalue weighted by molar-refractivity contribution is 0.132. The number of likely N-dealkylation sites (tertiary alicyclic amines) is 1. The molecule has 1 aliphatic heterocycles. The molecular weight excluding hydrogens is 250 g/mol. The van der Waals surface area contributed by atoms with Gasteiger partial charge in [-0.3, -0.25) is 4.90 Å². The molecule has 0 amide bonds. The molecule has 0 aromatic heterocycles. The number of aliphatic hydroxyl groups excluding tert-OH is 1. The summed E-state index contributed by atoms with van der Waals surface area (Å²) in [6.45, 7) is 3.42. The molecule has 2 atom stereocenters. The molecule has 20 heavy (non-hydrogen) atoms. The lowest BCUT2D eigenvalue weighted by Crippen LogP contribution is -2.49. The zero-order valence-electron chi connectivity index (χ0n) is 11.8. The third-order valence-electron chi connectivity index (χ3n) is 3.88. The molecule has 0 saturated carbocycles. The van der Waals surface area contributed by atoms with Crippen LogP contribution in [0.5, 0.6) is 0 Å². The number of rotatable bonds is 6. The van der Waals surface area contributed by atoms with Gasteiger partial charge in [0, 0.05) is 32.3 Å². The molecule has 2 rings (SSSR count). The predicted octanol–water partition coefficient (Wildman–Crippen LogP) is 1.37. The summed E-state index contributed by atoms with van der Waals surface area (Å²) in [5, 5.41) is 21.6. The quantitative estimate of drug-likeness (QED) is 0.769. The van der Waals surface area contributed by atoms with Crippen LogP contribution in [-0.4, -0.2) is 42.3 Å². The van der Waals surface area contributed by atoms with Crippen LogP contribution >= 0.6 is 0 Å². The van der Waals surface area contributed by atoms with Crippen molar-refractivity contribution in [1.29, 1.82) is 5.26 Å². The van der Waals surface area contributed by atoms with Gasteiger partial charge in [0.1, 0.15) is 0 Å². The van der Waals surface area contributed by atoms with Crippen molar-refractivity contribution in [2.75, 3.05) is 26.2 Å². The third-order valence-corrected chi connectivity index (χ3v) is 3.88. The second kappa shape index (κ2) is 8.01. The molecule has 2 N–H and O–H groups in total. The largest absolute Gasteiger partial charge is 0.396 e. The van der Waals surface area contributed by atoms with Crippen LogP contribution in [0.2, 0.25) is 0 Å². The highest BCUT2D eigenvalue weighted by Gasteiger charge is 2.26. The van der Waals surface area contributed by atoms with Crippen molar-refractivity contribution in [3.05, 3.63) is 35.9 Å². The van der Waals surface area contributed by atoms with Crippen LogP contribution in [0.25, 0.3) is 0 Å². The van der Waals surface area contributed by atoms with Gasteiger partial charge >= 0.3 is 0 Å². The first-order valence-electron chi connectivity index (χ1n) is 7.29. The Balaban J connectivity index is 1.87. The second-order valence-corrected chi connectivity index (χ2v) is 5.53. The zero-order valence-corrected chi connectivity index (χ0v) is 11.8. The maximum atomic E-state index is 9.12. The standard InChI is InChI=1S/C16H23N3O/c17-7-8-19-12-15(6-9-20)10-16(13-19)18-11-14-4-2-1-3-5-14/h1-5,15-16,18,20H,6,8-13H2. The SMILES string of the molecule is N#CCN1CC(CCO)CC(NCc2ccccc2)C1. The van der Waals surface area contributed by atoms with Gasteiger partial charge in [0.25, 0.3) is 0 Å². The molecule has 1 saturated heterocycles. The van der Waals surface area contributed by atoms with E-state index in [0.717, 1.165) is 32.5 Å². The van der Waals surface area contributed by atoms with Crippen molar-refractivity contribution in [1.82, 2.24) is 10.2 Å². The van der Waals surface area contributed by atoms with E-state index in [1.165, 1.54) is 5.56 Å². The van der Waals surface area contributed by atoms with Gasteiger partial charge in [-0.2, -0.15) is 5.26 Å². The minimum absolute atomic E-state index is 0.233. The van der Waals surface area contributed by atoms with Crippen LogP contribution in [0.3, 0.4) is 0 Å². The van der Waals surface area contributed by atoms with Crippen LogP contribution in [0.1, 0.15) is 18.4 Å². The maximum absolute atomic E-state index is 9.12. The van der Waals surface area contributed by atoms with E-state index in [9.17, 15) is 0 Å². The Labute approximate surface area is 121 Å². The summed E-state index contributed by atoms with van der Waals surface area (Å²) in [6, 6.07) is 13.0. The summed E-state index contributed by atoms with van der Waals surface area (Å²) < 4.78 is 0. The van der Waals surface area contributed by atoms with Gasteiger partial charge in [-0.25, -0.2) is 0 Å². The Bertz CT molecular complexity index is 429. The van der Waals surface area contributed by atoms with Crippen LogP contribution < -0.4 is 5.32 Å². The number of nitrogens with one attached hydrogen (secondary N) is 1. The van der Waals surface area contributed by atoms with Crippen molar-refractivity contribution in [2.24, 2.45) is 5.92 Å². The van der Waals surface area contributed by atoms with E-state index in [2.05, 4.69) is 40.6 Å². The van der Waals surface area contributed by atoms with E-state index in [-0.39, 0.29) is 6.61 Å². The number of piperidine rings is 1. The number of benzene rings is 1. The van der Waals surface area contributed by atoms with Crippen LogP contribution in [0, 0.1) is 17.2 Å². The van der Waals surface area contributed by atoms with Crippen LogP contribution in [0.15, 0.2) is 30.3 Å². The molecule has 1 aliphatic rings. The lowest BCUT2D eigenvalue weighted by Gasteiger charge is -2.37. The Morgan fingerprint density at radius 2 is 2.10 bits per heavy atom. The van der Waals surface area contributed by atoms with Gasteiger partial charge in [-0.1, -0.05) is 30.3 Å². The Kier molecular flexibility index (Phi) is 6.00. The maximum Gasteiger partial charge on any atom is 0.0866 e. The molecule has 0 aliphatic carbocycles. The molecule has 1 fully saturated rings. The summed E-state index contributed by atoms with van der Waals surface area (Å²) in [4.78, 5) is 2.19. The topological polar surface area (TPSA) is 59.3 Å². The summed E-state index contributed by atoms with van der Waals surface area (Å²) in [7, 11) is 0. The van der Waals surface area contributed by atoms with Crippen molar-refractivity contribution < 1.29 is 5.11 Å². The van der Waals surface area contributed by atoms with Gasteiger partial charge in [0.15, 0.2) is 0 Å². The fraction of sp³-hybridized carbons (Fsp3) is 0.562. The van der Waals surface area contributed by atoms with Gasteiger partial charge < -0.3 is 10.4 Å². The minimum atomic E-state index is 0.233. The van der Waals surface area contributed by atoms with E-state index in [1.54, 1.807) is 0 Å². The van der Waals surface area contributed by atoms with Crippen LogP contribution in [0.4, 0.5) is 0 Å². The third kappa shape index (κ3) is 4.61. The van der Waals surface area contributed by atoms with E-state index in [0.29, 0.717) is 18.5 Å². The molecule has 1 heterocycles. The molecule has 108 valence electrons. The number of nitriles is 1. The monoisotopic (exact) mass is 273 g/mol. The lowest BCUT2D eigenvalue weighted by atomic mass is 9.91. The highest BCUT2D eigenvalue weighted by Crippen LogP contribution is 2.20. The van der Waals surface area contributed by atoms with Crippen molar-refractivity contribution in [2.45, 2.75) is 25.4 Å². The highest BCUT2D eigenvalue weighted by atomic mass is 16.3. The van der Waals surface area contributed by atoms with Gasteiger partial charge in [0.2, 0.25) is 0 Å². The Morgan fingerprint density at radius 1 is 1.30 bits per heavy atom. The van der Waals surface area contributed by atoms with Crippen molar-refractivity contribution in [3.8, 4) is 6.07 Å². The molecule has 0 radical (unpaired) electrons. The first-order valence-corrected chi connectivity index (χ1v) is 7.29. The Morgan fingerprint density at radius 3 is 2.80 bits per heavy atom. The predicted molar refractivity (Wildman–Crippen MR) is 78.9 cm³/mol. The summed E-state index contributed by atoms with van der Waals surface area (Å²) in [5.41, 5.74) is 1.28. The molecule has 1 aromatic carbocycles. The van der Waals surface area contributed by atoms with Gasteiger partial charge in [0.05, 0.1) is 12.6 Å². The first-order chi connectivity index (χ1) is 9.81. The van der Waals surface area contributed by atoms with Crippen molar-refractivity contribution >= 4 is 0 Å². The number of hydrogen-bond acceptors (Lipinski definition) is 4. The fourth-order valence-electron chi connectivity index (χ4n) is 2.93. The van der Waals surface area contributed by atoms with E-state index < -0.39 is 0 Å². The minimum Gasteiger partial charge on any atom is -0.396 e. The first kappa shape index (κ1) is 15.0. The molecule has 4 heteroatoms. The normalized spacial score (nSPS) is 23.4. The number of hydrogen-bond donors (Lipinski definition) is 2. The number of nitrogens with zero attached hydrogens (tertiary/aromatic N) is 2. The molecule has 1 aromatic rings. The molecular formula is C16H23N3O. The fourth-order valence-corrected chi connectivity index (χ4v) is 2.93. The van der Waals surface area contributed by atoms with E-state index in [4.69, 9.17) is 10.4 Å². The van der Waals surface area contributed by atoms with Crippen molar-refractivity contribution in [3.63, 3.8) is 0 Å². The summed E-state index contributed by atoms with van der Waals surface area (Å²) >= 11 is 0. The molecule has 0 bridgehead atoms. The zero-order chi connectivity index (χ0) is 14.2. The van der Waals surface area contributed by atoms with E-state index >= 15 is 0 Å². The van der Waals surface area contributed by atoms with Crippen LogP contribution in [-0.2, 0) is 6.54 Å². The second-order valence-electron chi connectivity index (χ2n) is 5.53.